The van der Waals surface area contributed by atoms with E-state index < -0.39 is 29.7 Å². The van der Waals surface area contributed by atoms with Crippen LogP contribution in [0.5, 0.6) is 5.75 Å². The standard InChI is InChI=1S/C44H41N7O8S/c1-25-24-45-15-13-31(25)41(55)50-17-14-28-23-29(9-10-34(28)50)39-26(2)60-44(49-39)48-37(53)22-27-5-3-6-30(21-27)59-20-19-58-18-16-46-33-8-4-7-32-38(33)43(57)51(42(32)56)35-11-12-36(52)47-40(35)54/h3-10,13,15,21,23-24,35,46H,11-12,14,16-20,22H2,1-2H3,(H,47,52,54)(H,48,49,53). The van der Waals surface area contributed by atoms with Crippen LogP contribution in [-0.2, 0) is 32.0 Å². The maximum absolute atomic E-state index is 13.3. The first-order valence-corrected chi connectivity index (χ1v) is 20.4. The third-order valence-electron chi connectivity index (χ3n) is 10.6. The molecule has 5 aromatic rings. The predicted molar refractivity (Wildman–Crippen MR) is 223 cm³/mol. The summed E-state index contributed by atoms with van der Waals surface area (Å²) in [7, 11) is 0. The Morgan fingerprint density at radius 2 is 1.80 bits per heavy atom. The topological polar surface area (TPSA) is 189 Å². The van der Waals surface area contributed by atoms with Gasteiger partial charge in [-0.3, -0.25) is 44.0 Å². The molecule has 1 unspecified atom stereocenters. The number of nitrogens with zero attached hydrogens (tertiary/aromatic N) is 4. The third kappa shape index (κ3) is 8.24. The Morgan fingerprint density at radius 3 is 2.63 bits per heavy atom. The van der Waals surface area contributed by atoms with Crippen molar-refractivity contribution in [1.82, 2.24) is 20.2 Å². The van der Waals surface area contributed by atoms with Crippen molar-refractivity contribution in [3.8, 4) is 17.0 Å². The summed E-state index contributed by atoms with van der Waals surface area (Å²) in [5, 5.41) is 8.79. The average Bonchev–Trinajstić information content (AvgIpc) is 3.90. The number of amides is 6. The van der Waals surface area contributed by atoms with Crippen LogP contribution in [0.15, 0.2) is 79.1 Å². The number of carbonyl (C=O) groups is 6. The summed E-state index contributed by atoms with van der Waals surface area (Å²) in [6.07, 6.45) is 4.32. The Balaban J connectivity index is 0.784. The Hall–Kier alpha value is -6.78. The molecule has 3 aromatic carbocycles. The van der Waals surface area contributed by atoms with E-state index >= 15 is 0 Å². The van der Waals surface area contributed by atoms with Crippen LogP contribution < -0.4 is 25.6 Å². The lowest BCUT2D eigenvalue weighted by Crippen LogP contribution is -2.54. The van der Waals surface area contributed by atoms with E-state index in [1.165, 1.54) is 11.3 Å². The molecule has 0 radical (unpaired) electrons. The van der Waals surface area contributed by atoms with Gasteiger partial charge in [-0.15, -0.1) is 11.3 Å². The van der Waals surface area contributed by atoms with Gasteiger partial charge in [0.1, 0.15) is 18.4 Å². The largest absolute Gasteiger partial charge is 0.491 e. The van der Waals surface area contributed by atoms with Crippen molar-refractivity contribution in [3.05, 3.63) is 117 Å². The van der Waals surface area contributed by atoms with E-state index in [2.05, 4.69) is 27.0 Å². The van der Waals surface area contributed by atoms with E-state index in [4.69, 9.17) is 14.5 Å². The second-order valence-electron chi connectivity index (χ2n) is 14.6. The first kappa shape index (κ1) is 40.0. The van der Waals surface area contributed by atoms with E-state index in [9.17, 15) is 28.8 Å². The fourth-order valence-electron chi connectivity index (χ4n) is 7.67. The minimum atomic E-state index is -1.04. The zero-order valence-corrected chi connectivity index (χ0v) is 33.7. The van der Waals surface area contributed by atoms with Crippen molar-refractivity contribution in [2.24, 2.45) is 0 Å². The average molecular weight is 828 g/mol. The number of aromatic nitrogens is 2. The number of piperidine rings is 1. The van der Waals surface area contributed by atoms with E-state index in [0.29, 0.717) is 35.2 Å². The normalized spacial score (nSPS) is 15.8. The minimum absolute atomic E-state index is 0.0402. The van der Waals surface area contributed by atoms with Gasteiger partial charge in [-0.1, -0.05) is 24.3 Å². The molecule has 0 bridgehead atoms. The van der Waals surface area contributed by atoms with Gasteiger partial charge in [0.15, 0.2) is 5.13 Å². The van der Waals surface area contributed by atoms with Gasteiger partial charge in [-0.2, -0.15) is 0 Å². The summed E-state index contributed by atoms with van der Waals surface area (Å²) in [5.74, 6) is -1.90. The second kappa shape index (κ2) is 17.2. The lowest BCUT2D eigenvalue weighted by Gasteiger charge is -2.27. The molecule has 16 heteroatoms. The molecule has 1 fully saturated rings. The van der Waals surface area contributed by atoms with Gasteiger partial charge in [0, 0.05) is 59.3 Å². The molecule has 60 heavy (non-hydrogen) atoms. The fourth-order valence-corrected chi connectivity index (χ4v) is 8.52. The number of nitrogens with one attached hydrogen (secondary N) is 3. The quantitative estimate of drug-likeness (QED) is 0.0997. The smallest absolute Gasteiger partial charge is 0.264 e. The number of pyridine rings is 1. The summed E-state index contributed by atoms with van der Waals surface area (Å²) in [6, 6.07) is 18.9. The maximum Gasteiger partial charge on any atom is 0.264 e. The molecule has 5 heterocycles. The van der Waals surface area contributed by atoms with Crippen LogP contribution in [0.2, 0.25) is 0 Å². The van der Waals surface area contributed by atoms with Crippen LogP contribution in [0.1, 0.15) is 65.5 Å². The van der Waals surface area contributed by atoms with Gasteiger partial charge in [0.05, 0.1) is 36.5 Å². The Bertz CT molecular complexity index is 2560. The van der Waals surface area contributed by atoms with Crippen LogP contribution in [-0.4, -0.2) is 89.3 Å². The maximum atomic E-state index is 13.3. The number of anilines is 3. The number of ether oxygens (including phenoxy) is 2. The number of fused-ring (bicyclic) bond motifs is 2. The van der Waals surface area contributed by atoms with Gasteiger partial charge in [-0.05, 0) is 85.8 Å². The van der Waals surface area contributed by atoms with Crippen LogP contribution >= 0.6 is 11.3 Å². The number of benzene rings is 3. The molecule has 2 aromatic heterocycles. The van der Waals surface area contributed by atoms with E-state index in [1.807, 2.05) is 43.0 Å². The SMILES string of the molecule is Cc1cnccc1C(=O)N1CCc2cc(-c3nc(NC(=O)Cc4cccc(OCCOCCNc5cccc6c5C(=O)N(C5CCC(=O)NC5=O)C6=O)c4)sc3C)ccc21. The highest BCUT2D eigenvalue weighted by Crippen LogP contribution is 2.37. The van der Waals surface area contributed by atoms with Crippen molar-refractivity contribution >= 4 is 63.3 Å². The molecule has 3 aliphatic rings. The summed E-state index contributed by atoms with van der Waals surface area (Å²) < 4.78 is 11.6. The number of aryl methyl sites for hydroxylation is 2. The van der Waals surface area contributed by atoms with E-state index in [-0.39, 0.29) is 62.0 Å². The highest BCUT2D eigenvalue weighted by atomic mass is 32.1. The summed E-state index contributed by atoms with van der Waals surface area (Å²) in [5.41, 5.74) is 6.76. The number of hydrogen-bond acceptors (Lipinski definition) is 12. The zero-order chi connectivity index (χ0) is 41.9. The first-order chi connectivity index (χ1) is 29.0. The van der Waals surface area contributed by atoms with Crippen molar-refractivity contribution in [1.29, 1.82) is 0 Å². The van der Waals surface area contributed by atoms with Crippen molar-refractivity contribution < 1.29 is 38.2 Å². The molecular formula is C44H41N7O8S. The van der Waals surface area contributed by atoms with Gasteiger partial charge in [0.2, 0.25) is 17.7 Å². The Labute approximate surface area is 349 Å². The molecule has 1 atom stereocenters. The van der Waals surface area contributed by atoms with Crippen molar-refractivity contribution in [2.45, 2.75) is 45.6 Å². The van der Waals surface area contributed by atoms with Gasteiger partial charge in [-0.25, -0.2) is 4.98 Å². The number of thiazole rings is 1. The number of hydrogen-bond donors (Lipinski definition) is 3. The molecule has 6 amide bonds. The third-order valence-corrected chi connectivity index (χ3v) is 11.5. The molecule has 3 N–H and O–H groups in total. The Kier molecular flexibility index (Phi) is 11.5. The summed E-state index contributed by atoms with van der Waals surface area (Å²) >= 11 is 1.41. The van der Waals surface area contributed by atoms with Gasteiger partial charge < -0.3 is 25.0 Å². The molecule has 0 saturated carbocycles. The highest BCUT2D eigenvalue weighted by molar-refractivity contribution is 7.16. The van der Waals surface area contributed by atoms with Gasteiger partial charge in [0.25, 0.3) is 17.7 Å². The number of imide groups is 2. The minimum Gasteiger partial charge on any atom is -0.491 e. The molecule has 15 nitrogen and oxygen atoms in total. The molecule has 3 aliphatic heterocycles. The lowest BCUT2D eigenvalue weighted by molar-refractivity contribution is -0.136. The van der Waals surface area contributed by atoms with Crippen molar-refractivity contribution in [2.75, 3.05) is 48.4 Å². The lowest BCUT2D eigenvalue weighted by atomic mass is 10.0. The monoisotopic (exact) mass is 827 g/mol. The fraction of sp³-hybridized carbons (Fsp3) is 0.273. The molecular weight excluding hydrogens is 787 g/mol. The van der Waals surface area contributed by atoms with Crippen LogP contribution in [0.25, 0.3) is 11.3 Å². The molecule has 1 saturated heterocycles. The predicted octanol–water partition coefficient (Wildman–Crippen LogP) is 5.11. The first-order valence-electron chi connectivity index (χ1n) is 19.6. The summed E-state index contributed by atoms with van der Waals surface area (Å²) in [4.78, 5) is 89.4. The van der Waals surface area contributed by atoms with E-state index in [1.54, 1.807) is 48.8 Å². The molecule has 306 valence electrons. The highest BCUT2D eigenvalue weighted by Gasteiger charge is 2.45. The van der Waals surface area contributed by atoms with Crippen LogP contribution in [0.4, 0.5) is 16.5 Å². The molecule has 0 aliphatic carbocycles. The van der Waals surface area contributed by atoms with Gasteiger partial charge >= 0.3 is 0 Å². The van der Waals surface area contributed by atoms with Crippen LogP contribution in [0, 0.1) is 13.8 Å². The number of carbonyl (C=O) groups excluding carboxylic acids is 6. The molecule has 8 rings (SSSR count). The summed E-state index contributed by atoms with van der Waals surface area (Å²) in [6.45, 7) is 5.60. The second-order valence-corrected chi connectivity index (χ2v) is 15.8. The zero-order valence-electron chi connectivity index (χ0n) is 32.9. The van der Waals surface area contributed by atoms with Crippen molar-refractivity contribution in [3.63, 3.8) is 0 Å². The molecule has 0 spiro atoms. The number of rotatable bonds is 14. The Morgan fingerprint density at radius 1 is 0.950 bits per heavy atom. The van der Waals surface area contributed by atoms with Crippen LogP contribution in [0.3, 0.4) is 0 Å². The van der Waals surface area contributed by atoms with E-state index in [0.717, 1.165) is 49.8 Å².